The monoisotopic (exact) mass is 540 g/mol. The normalized spacial score (nSPS) is 20.5. The van der Waals surface area contributed by atoms with Crippen molar-refractivity contribution in [2.24, 2.45) is 0 Å². The van der Waals surface area contributed by atoms with Gasteiger partial charge in [-0.2, -0.15) is 9.61 Å². The van der Waals surface area contributed by atoms with Crippen LogP contribution in [0.1, 0.15) is 65.2 Å². The molecule has 2 aliphatic rings. The summed E-state index contributed by atoms with van der Waals surface area (Å²) in [7, 11) is 0. The Balaban J connectivity index is 1.27. The lowest BCUT2D eigenvalue weighted by atomic mass is 9.85. The van der Waals surface area contributed by atoms with Gasteiger partial charge in [-0.3, -0.25) is 14.6 Å². The van der Waals surface area contributed by atoms with Gasteiger partial charge in [-0.1, -0.05) is 6.07 Å². The number of nitrogens with zero attached hydrogens (tertiary/aromatic N) is 8. The number of anilines is 1. The van der Waals surface area contributed by atoms with Crippen LogP contribution in [-0.2, 0) is 0 Å². The second kappa shape index (κ2) is 9.05. The summed E-state index contributed by atoms with van der Waals surface area (Å²) in [5.41, 5.74) is 10.6. The lowest BCUT2D eigenvalue weighted by molar-refractivity contribution is 0.0556. The number of fused-ring (bicyclic) bond motifs is 3. The number of thiazole rings is 1. The maximum absolute atomic E-state index is 13.1. The zero-order valence-corrected chi connectivity index (χ0v) is 21.8. The first-order chi connectivity index (χ1) is 19.0. The predicted octanol–water partition coefficient (Wildman–Crippen LogP) is 3.37. The van der Waals surface area contributed by atoms with Crippen LogP contribution < -0.4 is 5.73 Å². The lowest BCUT2D eigenvalue weighted by Gasteiger charge is -2.38. The maximum Gasteiger partial charge on any atom is 0.292 e. The molecular formula is C26H24N10O2S. The van der Waals surface area contributed by atoms with E-state index in [4.69, 9.17) is 10.7 Å². The van der Waals surface area contributed by atoms with E-state index in [0.29, 0.717) is 29.7 Å². The summed E-state index contributed by atoms with van der Waals surface area (Å²) in [5, 5.41) is 14.9. The molecule has 5 aromatic heterocycles. The van der Waals surface area contributed by atoms with E-state index in [9.17, 15) is 9.59 Å². The quantitative estimate of drug-likeness (QED) is 0.318. The molecule has 0 unspecified atom stereocenters. The molecule has 3 N–H and O–H groups in total. The summed E-state index contributed by atoms with van der Waals surface area (Å²) >= 11 is 1.53. The lowest BCUT2D eigenvalue weighted by Crippen LogP contribution is -2.46. The SMILES string of the molecule is CC(=O)c1c([C@@H]2C[C@H]3CC[C@@H](C2)N3C(=O)c2nnc[nH]2)nc2c(-c3ccc(-c4nccs4)nc3)cnn2c1N. The van der Waals surface area contributed by atoms with Gasteiger partial charge in [-0.05, 0) is 38.7 Å². The molecule has 2 saturated heterocycles. The van der Waals surface area contributed by atoms with Gasteiger partial charge in [0.15, 0.2) is 11.4 Å². The van der Waals surface area contributed by atoms with Gasteiger partial charge in [0.05, 0.1) is 23.1 Å². The molecule has 2 fully saturated rings. The number of carbonyl (C=O) groups excluding carboxylic acids is 2. The van der Waals surface area contributed by atoms with E-state index in [2.05, 4.69) is 30.2 Å². The van der Waals surface area contributed by atoms with Gasteiger partial charge in [0.1, 0.15) is 17.2 Å². The largest absolute Gasteiger partial charge is 0.383 e. The fourth-order valence-corrected chi connectivity index (χ4v) is 6.70. The number of rotatable bonds is 5. The van der Waals surface area contributed by atoms with E-state index >= 15 is 0 Å². The van der Waals surface area contributed by atoms with Crippen molar-refractivity contribution in [3.05, 3.63) is 59.5 Å². The van der Waals surface area contributed by atoms with Crippen molar-refractivity contribution in [1.29, 1.82) is 0 Å². The van der Waals surface area contributed by atoms with Crippen molar-refractivity contribution in [2.45, 2.75) is 50.6 Å². The molecule has 0 aromatic carbocycles. The van der Waals surface area contributed by atoms with Gasteiger partial charge in [-0.15, -0.1) is 21.5 Å². The zero-order valence-electron chi connectivity index (χ0n) is 21.0. The number of hydrogen-bond donors (Lipinski definition) is 2. The highest BCUT2D eigenvalue weighted by Crippen LogP contribution is 2.45. The Bertz CT molecular complexity index is 1680. The zero-order chi connectivity index (χ0) is 26.7. The van der Waals surface area contributed by atoms with Crippen molar-refractivity contribution in [1.82, 2.24) is 44.6 Å². The van der Waals surface area contributed by atoms with E-state index < -0.39 is 0 Å². The highest BCUT2D eigenvalue weighted by Gasteiger charge is 2.45. The third-order valence-corrected chi connectivity index (χ3v) is 8.56. The Kier molecular flexibility index (Phi) is 5.47. The summed E-state index contributed by atoms with van der Waals surface area (Å²) in [5.74, 6) is 0.196. The van der Waals surface area contributed by atoms with Crippen molar-refractivity contribution in [2.75, 3.05) is 5.73 Å². The number of nitrogens with two attached hydrogens (primary N) is 1. The number of aromatic nitrogens is 8. The highest BCUT2D eigenvalue weighted by molar-refractivity contribution is 7.13. The summed E-state index contributed by atoms with van der Waals surface area (Å²) in [6.07, 6.45) is 9.80. The number of H-pyrrole nitrogens is 1. The molecule has 13 heteroatoms. The first-order valence-electron chi connectivity index (χ1n) is 12.7. The fourth-order valence-electron chi connectivity index (χ4n) is 6.09. The Morgan fingerprint density at radius 2 is 1.95 bits per heavy atom. The molecule has 39 heavy (non-hydrogen) atoms. The van der Waals surface area contributed by atoms with Crippen LogP contribution in [0.4, 0.5) is 5.82 Å². The van der Waals surface area contributed by atoms with Crippen molar-refractivity contribution < 1.29 is 9.59 Å². The van der Waals surface area contributed by atoms with E-state index in [1.165, 1.54) is 29.1 Å². The number of nitrogen functional groups attached to an aromatic ring is 1. The number of hydrogen-bond acceptors (Lipinski definition) is 10. The summed E-state index contributed by atoms with van der Waals surface area (Å²) in [6.45, 7) is 1.51. The predicted molar refractivity (Wildman–Crippen MR) is 143 cm³/mol. The molecule has 7 heterocycles. The Hall–Kier alpha value is -4.52. The topological polar surface area (TPSA) is 161 Å². The van der Waals surface area contributed by atoms with E-state index in [-0.39, 0.29) is 41.3 Å². The number of amides is 1. The number of pyridine rings is 1. The van der Waals surface area contributed by atoms with Crippen LogP contribution >= 0.6 is 11.3 Å². The molecule has 0 radical (unpaired) electrons. The second-order valence-electron chi connectivity index (χ2n) is 9.98. The Morgan fingerprint density at radius 1 is 1.13 bits per heavy atom. The average Bonchev–Trinajstić information content (AvgIpc) is 3.75. The van der Waals surface area contributed by atoms with Crippen LogP contribution in [0.15, 0.2) is 42.4 Å². The smallest absolute Gasteiger partial charge is 0.292 e. The van der Waals surface area contributed by atoms with Crippen LogP contribution in [0, 0.1) is 0 Å². The van der Waals surface area contributed by atoms with Crippen LogP contribution in [0.3, 0.4) is 0 Å². The third-order valence-electron chi connectivity index (χ3n) is 7.76. The minimum Gasteiger partial charge on any atom is -0.383 e. The summed E-state index contributed by atoms with van der Waals surface area (Å²) in [6, 6.07) is 3.94. The van der Waals surface area contributed by atoms with E-state index in [0.717, 1.165) is 34.7 Å². The molecule has 1 amide bonds. The number of carbonyl (C=O) groups is 2. The average molecular weight is 541 g/mol. The minimum atomic E-state index is -0.157. The minimum absolute atomic E-state index is 0.0254. The molecule has 2 aliphatic heterocycles. The molecule has 196 valence electrons. The van der Waals surface area contributed by atoms with Gasteiger partial charge in [0.25, 0.3) is 5.91 Å². The number of Topliss-reactive ketones (excluding diaryl/α,β-unsaturated/α-hetero) is 1. The molecule has 0 saturated carbocycles. The molecule has 0 spiro atoms. The van der Waals surface area contributed by atoms with Gasteiger partial charge >= 0.3 is 0 Å². The molecule has 2 bridgehead atoms. The van der Waals surface area contributed by atoms with Crippen molar-refractivity contribution >= 4 is 34.5 Å². The number of ketones is 1. The van der Waals surface area contributed by atoms with Crippen LogP contribution in [0.5, 0.6) is 0 Å². The molecule has 7 rings (SSSR count). The van der Waals surface area contributed by atoms with Gasteiger partial charge < -0.3 is 15.6 Å². The molecule has 0 aliphatic carbocycles. The third kappa shape index (κ3) is 3.80. The van der Waals surface area contributed by atoms with Crippen molar-refractivity contribution in [3.8, 4) is 21.8 Å². The standard InChI is InChI=1S/C26H24N10O2S/c1-13(37)20-21(15-8-16-3-4-17(9-15)35(16)26(38)23-30-12-31-34-23)33-24-18(11-32-36(24)22(20)27)14-2-5-19(29-10-14)25-28-6-7-39-25/h2,5-7,10-12,15-17H,3-4,8-9,27H2,1H3,(H,30,31,34)/t15-,16-,17+. The summed E-state index contributed by atoms with van der Waals surface area (Å²) in [4.78, 5) is 44.7. The first kappa shape index (κ1) is 23.6. The van der Waals surface area contributed by atoms with E-state index in [1.807, 2.05) is 22.4 Å². The maximum atomic E-state index is 13.1. The molecular weight excluding hydrogens is 516 g/mol. The van der Waals surface area contributed by atoms with Gasteiger partial charge in [-0.25, -0.2) is 9.97 Å². The van der Waals surface area contributed by atoms with E-state index in [1.54, 1.807) is 18.6 Å². The van der Waals surface area contributed by atoms with Crippen molar-refractivity contribution in [3.63, 3.8) is 0 Å². The number of nitrogens with one attached hydrogen (secondary N) is 1. The molecule has 12 nitrogen and oxygen atoms in total. The van der Waals surface area contributed by atoms with Crippen LogP contribution in [0.25, 0.3) is 27.5 Å². The first-order valence-corrected chi connectivity index (χ1v) is 13.6. The van der Waals surface area contributed by atoms with Crippen LogP contribution in [-0.4, -0.2) is 68.4 Å². The number of aromatic amines is 1. The summed E-state index contributed by atoms with van der Waals surface area (Å²) < 4.78 is 1.53. The van der Waals surface area contributed by atoms with Gasteiger partial charge in [0, 0.05) is 46.9 Å². The molecule has 3 atom stereocenters. The highest BCUT2D eigenvalue weighted by atomic mass is 32.1. The number of piperidine rings is 1. The Labute approximate surface area is 226 Å². The fraction of sp³-hybridized carbons (Fsp3) is 0.308. The Morgan fingerprint density at radius 3 is 2.59 bits per heavy atom. The van der Waals surface area contributed by atoms with Gasteiger partial charge in [0.2, 0.25) is 5.82 Å². The second-order valence-corrected chi connectivity index (χ2v) is 10.9. The molecule has 5 aromatic rings. The van der Waals surface area contributed by atoms with Crippen LogP contribution in [0.2, 0.25) is 0 Å².